The number of carbonyl (C=O) groups is 1. The Kier molecular flexibility index (Phi) is 7.81. The highest BCUT2D eigenvalue weighted by Gasteiger charge is 2.52. The van der Waals surface area contributed by atoms with Gasteiger partial charge in [-0.25, -0.2) is 9.18 Å². The zero-order chi connectivity index (χ0) is 27.9. The Morgan fingerprint density at radius 3 is 2.03 bits per heavy atom. The van der Waals surface area contributed by atoms with E-state index < -0.39 is 24.4 Å². The summed E-state index contributed by atoms with van der Waals surface area (Å²) in [6.07, 6.45) is 1.29. The van der Waals surface area contributed by atoms with E-state index in [0.717, 1.165) is 11.1 Å². The molecule has 1 aliphatic carbocycles. The van der Waals surface area contributed by atoms with Crippen molar-refractivity contribution in [2.75, 3.05) is 13.2 Å². The summed E-state index contributed by atoms with van der Waals surface area (Å²) in [6, 6.07) is 19.2. The number of rotatable bonds is 6. The van der Waals surface area contributed by atoms with Crippen molar-refractivity contribution in [2.45, 2.75) is 44.8 Å². The van der Waals surface area contributed by atoms with Crippen LogP contribution in [0.25, 0.3) is 17.2 Å². The van der Waals surface area contributed by atoms with Gasteiger partial charge < -0.3 is 19.4 Å². The van der Waals surface area contributed by atoms with Crippen molar-refractivity contribution in [1.29, 1.82) is 0 Å². The molecule has 0 aromatic heterocycles. The fourth-order valence-electron chi connectivity index (χ4n) is 4.90. The second-order valence-electron chi connectivity index (χ2n) is 10.8. The van der Waals surface area contributed by atoms with Crippen LogP contribution in [-0.2, 0) is 14.0 Å². The van der Waals surface area contributed by atoms with Crippen molar-refractivity contribution in [3.8, 4) is 11.1 Å². The van der Waals surface area contributed by atoms with Gasteiger partial charge in [0.1, 0.15) is 12.4 Å². The van der Waals surface area contributed by atoms with Gasteiger partial charge in [0.25, 0.3) is 0 Å². The van der Waals surface area contributed by atoms with Crippen LogP contribution in [-0.4, -0.2) is 37.6 Å². The summed E-state index contributed by atoms with van der Waals surface area (Å²) in [4.78, 5) is 12.9. The van der Waals surface area contributed by atoms with Crippen LogP contribution in [0.3, 0.4) is 0 Å². The summed E-state index contributed by atoms with van der Waals surface area (Å²) in [7, 11) is -0.715. The molecule has 0 radical (unpaired) electrons. The van der Waals surface area contributed by atoms with Gasteiger partial charge in [-0.1, -0.05) is 86.5 Å². The maximum atomic E-state index is 13.9. The number of fused-ring (bicyclic) bond motifs is 3. The van der Waals surface area contributed by atoms with Gasteiger partial charge >= 0.3 is 13.2 Å². The quantitative estimate of drug-likeness (QED) is 0.274. The Balaban J connectivity index is 1.33. The first-order valence-electron chi connectivity index (χ1n) is 12.8. The Morgan fingerprint density at radius 1 is 0.974 bits per heavy atom. The number of halogens is 3. The van der Waals surface area contributed by atoms with E-state index in [0.29, 0.717) is 20.0 Å². The molecule has 5 rings (SSSR count). The molecule has 1 heterocycles. The first kappa shape index (κ1) is 28.1. The topological polar surface area (TPSA) is 56.8 Å². The zero-order valence-corrected chi connectivity index (χ0v) is 25.4. The standard InChI is InChI=1S/C30H29BBr2FNO4/c1-29(2)30(3,4)39-31(38-29)18(13-24-26(32)14-19(34)15-27(24)33)16-35-28(36)37-17-25-22-11-7-5-9-20(22)21-10-6-8-12-23(21)25/h5-15,25H,16-17H2,1-4H3,(H,35,36). The SMILES string of the molecule is CC1(C)OB(C(=Cc2c(Br)cc(F)cc2Br)CNC(=O)OCC2c3ccccc3-c3ccccc32)OC1(C)C. The molecule has 9 heteroatoms. The first-order chi connectivity index (χ1) is 18.5. The Labute approximate surface area is 245 Å². The summed E-state index contributed by atoms with van der Waals surface area (Å²) >= 11 is 6.88. The summed E-state index contributed by atoms with van der Waals surface area (Å²) < 4.78 is 33.3. The van der Waals surface area contributed by atoms with Crippen molar-refractivity contribution >= 4 is 51.1 Å². The number of benzene rings is 3. The Bertz CT molecular complexity index is 1370. The summed E-state index contributed by atoms with van der Waals surface area (Å²) in [5.41, 5.74) is 4.86. The molecule has 0 spiro atoms. The molecule has 1 amide bonds. The highest BCUT2D eigenvalue weighted by Crippen LogP contribution is 2.44. The van der Waals surface area contributed by atoms with Crippen LogP contribution in [0.15, 0.2) is 75.1 Å². The van der Waals surface area contributed by atoms with Crippen molar-refractivity contribution in [3.05, 3.63) is 97.6 Å². The van der Waals surface area contributed by atoms with Crippen LogP contribution in [0.5, 0.6) is 0 Å². The molecule has 0 atom stereocenters. The highest BCUT2D eigenvalue weighted by molar-refractivity contribution is 9.11. The molecule has 1 saturated heterocycles. The molecule has 3 aromatic rings. The molecule has 0 saturated carbocycles. The minimum Gasteiger partial charge on any atom is -0.449 e. The van der Waals surface area contributed by atoms with E-state index >= 15 is 0 Å². The van der Waals surface area contributed by atoms with E-state index in [1.54, 1.807) is 0 Å². The highest BCUT2D eigenvalue weighted by atomic mass is 79.9. The van der Waals surface area contributed by atoms with Gasteiger partial charge in [0.05, 0.1) is 11.2 Å². The summed E-state index contributed by atoms with van der Waals surface area (Å²) in [6.45, 7) is 8.19. The third-order valence-electron chi connectivity index (χ3n) is 7.71. The lowest BCUT2D eigenvalue weighted by molar-refractivity contribution is 0.00578. The largest absolute Gasteiger partial charge is 0.492 e. The minimum absolute atomic E-state index is 0.0348. The lowest BCUT2D eigenvalue weighted by atomic mass is 9.77. The van der Waals surface area contributed by atoms with Gasteiger partial charge in [-0.2, -0.15) is 0 Å². The van der Waals surface area contributed by atoms with Crippen LogP contribution in [0.2, 0.25) is 0 Å². The number of alkyl carbamates (subject to hydrolysis) is 1. The lowest BCUT2D eigenvalue weighted by Gasteiger charge is -2.32. The molecule has 0 bridgehead atoms. The molecule has 2 aliphatic rings. The van der Waals surface area contributed by atoms with Gasteiger partial charge in [-0.05, 0) is 67.6 Å². The van der Waals surface area contributed by atoms with E-state index in [1.165, 1.54) is 23.3 Å². The number of hydrogen-bond acceptors (Lipinski definition) is 4. The lowest BCUT2D eigenvalue weighted by Crippen LogP contribution is -2.41. The fraction of sp³-hybridized carbons (Fsp3) is 0.300. The van der Waals surface area contributed by atoms with Crippen LogP contribution in [0, 0.1) is 5.82 Å². The fourth-order valence-corrected chi connectivity index (χ4v) is 6.26. The van der Waals surface area contributed by atoms with E-state index in [9.17, 15) is 9.18 Å². The minimum atomic E-state index is -0.715. The van der Waals surface area contributed by atoms with Gasteiger partial charge in [0, 0.05) is 27.0 Å². The monoisotopic (exact) mass is 655 g/mol. The Hall–Kier alpha value is -2.46. The molecular weight excluding hydrogens is 628 g/mol. The second kappa shape index (κ2) is 10.8. The first-order valence-corrected chi connectivity index (χ1v) is 14.3. The molecule has 5 nitrogen and oxygen atoms in total. The zero-order valence-electron chi connectivity index (χ0n) is 22.2. The molecule has 202 valence electrons. The number of ether oxygens (including phenoxy) is 1. The molecule has 1 aliphatic heterocycles. The second-order valence-corrected chi connectivity index (χ2v) is 12.5. The predicted octanol–water partition coefficient (Wildman–Crippen LogP) is 7.90. The molecule has 1 N–H and O–H groups in total. The summed E-state index contributed by atoms with van der Waals surface area (Å²) in [5, 5.41) is 2.86. The van der Waals surface area contributed by atoms with Crippen molar-refractivity contribution in [3.63, 3.8) is 0 Å². The maximum absolute atomic E-state index is 13.9. The van der Waals surface area contributed by atoms with E-state index in [2.05, 4.69) is 61.4 Å². The van der Waals surface area contributed by atoms with Crippen LogP contribution in [0.4, 0.5) is 9.18 Å². The van der Waals surface area contributed by atoms with Crippen molar-refractivity contribution < 1.29 is 23.2 Å². The van der Waals surface area contributed by atoms with E-state index in [4.69, 9.17) is 14.0 Å². The number of hydrogen-bond donors (Lipinski definition) is 1. The summed E-state index contributed by atoms with van der Waals surface area (Å²) in [5.74, 6) is -0.410. The van der Waals surface area contributed by atoms with Crippen molar-refractivity contribution in [1.82, 2.24) is 5.32 Å². The number of carbonyl (C=O) groups excluding carboxylic acids is 1. The van der Waals surface area contributed by atoms with E-state index in [-0.39, 0.29) is 24.9 Å². The van der Waals surface area contributed by atoms with Gasteiger partial charge in [-0.15, -0.1) is 0 Å². The maximum Gasteiger partial charge on any atom is 0.492 e. The molecule has 39 heavy (non-hydrogen) atoms. The van der Waals surface area contributed by atoms with E-state index in [1.807, 2.05) is 58.0 Å². The number of nitrogens with one attached hydrogen (secondary N) is 1. The van der Waals surface area contributed by atoms with Crippen LogP contribution >= 0.6 is 31.9 Å². The molecule has 1 fully saturated rings. The van der Waals surface area contributed by atoms with Crippen LogP contribution in [0.1, 0.15) is 50.3 Å². The third kappa shape index (κ3) is 5.60. The van der Waals surface area contributed by atoms with Gasteiger partial charge in [-0.3, -0.25) is 0 Å². The average Bonchev–Trinajstić information content (AvgIpc) is 3.31. The third-order valence-corrected chi connectivity index (χ3v) is 9.02. The smallest absolute Gasteiger partial charge is 0.449 e. The number of amides is 1. The molecule has 3 aromatic carbocycles. The van der Waals surface area contributed by atoms with Crippen molar-refractivity contribution in [2.24, 2.45) is 0 Å². The molecular formula is C30H29BBr2FNO4. The Morgan fingerprint density at radius 2 is 1.49 bits per heavy atom. The average molecular weight is 657 g/mol. The van der Waals surface area contributed by atoms with Crippen LogP contribution < -0.4 is 5.32 Å². The molecule has 0 unspecified atom stereocenters. The van der Waals surface area contributed by atoms with Gasteiger partial charge in [0.15, 0.2) is 0 Å². The van der Waals surface area contributed by atoms with Gasteiger partial charge in [0.2, 0.25) is 0 Å². The normalized spacial score (nSPS) is 17.6. The predicted molar refractivity (Wildman–Crippen MR) is 159 cm³/mol.